The smallest absolute Gasteiger partial charge is 0.257 e. The first-order chi connectivity index (χ1) is 9.15. The van der Waals surface area contributed by atoms with Crippen molar-refractivity contribution in [1.82, 2.24) is 10.2 Å². The highest BCUT2D eigenvalue weighted by Gasteiger charge is 2.29. The molecule has 1 aromatic carbocycles. The number of benzene rings is 1. The first kappa shape index (κ1) is 12.3. The van der Waals surface area contributed by atoms with Crippen LogP contribution in [0.15, 0.2) is 18.2 Å². The van der Waals surface area contributed by atoms with Crippen molar-refractivity contribution in [3.63, 3.8) is 0 Å². The highest BCUT2D eigenvalue weighted by molar-refractivity contribution is 5.98. The summed E-state index contributed by atoms with van der Waals surface area (Å²) < 4.78 is 10.7. The van der Waals surface area contributed by atoms with Crippen LogP contribution in [0.25, 0.3) is 0 Å². The van der Waals surface area contributed by atoms with Crippen LogP contribution >= 0.6 is 0 Å². The molecule has 0 aromatic heterocycles. The van der Waals surface area contributed by atoms with Crippen LogP contribution in [-0.2, 0) is 0 Å². The van der Waals surface area contributed by atoms with Gasteiger partial charge in [-0.1, -0.05) is 6.07 Å². The zero-order valence-corrected chi connectivity index (χ0v) is 11.2. The molecule has 1 amide bonds. The average Bonchev–Trinajstić information content (AvgIpc) is 2.84. The van der Waals surface area contributed by atoms with Crippen LogP contribution in [0.1, 0.15) is 24.2 Å². The van der Waals surface area contributed by atoms with E-state index >= 15 is 0 Å². The second kappa shape index (κ2) is 4.74. The van der Waals surface area contributed by atoms with E-state index in [-0.39, 0.29) is 12.7 Å². The van der Waals surface area contributed by atoms with Crippen molar-refractivity contribution in [2.45, 2.75) is 25.9 Å². The highest BCUT2D eigenvalue weighted by atomic mass is 16.7. The fourth-order valence-electron chi connectivity index (χ4n) is 2.76. The number of para-hydroxylation sites is 1. The lowest BCUT2D eigenvalue weighted by atomic mass is 10.1. The third-order valence-electron chi connectivity index (χ3n) is 3.47. The van der Waals surface area contributed by atoms with E-state index in [0.717, 1.165) is 0 Å². The topological polar surface area (TPSA) is 50.8 Å². The minimum atomic E-state index is 0.0163. The van der Waals surface area contributed by atoms with Gasteiger partial charge in [-0.05, 0) is 26.0 Å². The van der Waals surface area contributed by atoms with E-state index in [2.05, 4.69) is 19.2 Å². The predicted molar refractivity (Wildman–Crippen MR) is 70.5 cm³/mol. The van der Waals surface area contributed by atoms with Gasteiger partial charge in [0, 0.05) is 25.2 Å². The molecular formula is C14H18N2O3. The van der Waals surface area contributed by atoms with Gasteiger partial charge >= 0.3 is 0 Å². The normalized spacial score (nSPS) is 25.5. The number of carbonyl (C=O) groups is 1. The molecule has 3 rings (SSSR count). The Morgan fingerprint density at radius 1 is 1.26 bits per heavy atom. The Kier molecular flexibility index (Phi) is 3.06. The van der Waals surface area contributed by atoms with Crippen molar-refractivity contribution in [1.29, 1.82) is 0 Å². The van der Waals surface area contributed by atoms with Crippen molar-refractivity contribution in [2.24, 2.45) is 0 Å². The standard InChI is InChI=1S/C14H18N2O3/c1-9-6-16(7-10(2)15-9)14(17)11-4-3-5-12-13(11)19-8-18-12/h3-5,9-10,15H,6-8H2,1-2H3. The maximum absolute atomic E-state index is 12.6. The van der Waals surface area contributed by atoms with Gasteiger partial charge in [-0.2, -0.15) is 0 Å². The van der Waals surface area contributed by atoms with Gasteiger partial charge < -0.3 is 19.7 Å². The Bertz CT molecular complexity index is 493. The lowest BCUT2D eigenvalue weighted by Crippen LogP contribution is -2.55. The summed E-state index contributed by atoms with van der Waals surface area (Å²) in [6.07, 6.45) is 0. The number of nitrogens with one attached hydrogen (secondary N) is 1. The predicted octanol–water partition coefficient (Wildman–Crippen LogP) is 1.24. The van der Waals surface area contributed by atoms with Gasteiger partial charge in [-0.15, -0.1) is 0 Å². The molecule has 5 nitrogen and oxygen atoms in total. The van der Waals surface area contributed by atoms with E-state index in [0.29, 0.717) is 42.2 Å². The van der Waals surface area contributed by atoms with Crippen molar-refractivity contribution < 1.29 is 14.3 Å². The number of ether oxygens (including phenoxy) is 2. The van der Waals surface area contributed by atoms with Crippen LogP contribution < -0.4 is 14.8 Å². The molecule has 0 aliphatic carbocycles. The van der Waals surface area contributed by atoms with Crippen molar-refractivity contribution >= 4 is 5.91 Å². The van der Waals surface area contributed by atoms with Gasteiger partial charge in [0.05, 0.1) is 5.56 Å². The molecule has 1 aromatic rings. The summed E-state index contributed by atoms with van der Waals surface area (Å²) in [5.41, 5.74) is 0.594. The van der Waals surface area contributed by atoms with Crippen molar-refractivity contribution in [3.8, 4) is 11.5 Å². The average molecular weight is 262 g/mol. The second-order valence-corrected chi connectivity index (χ2v) is 5.22. The fraction of sp³-hybridized carbons (Fsp3) is 0.500. The van der Waals surface area contributed by atoms with Gasteiger partial charge in [0.25, 0.3) is 5.91 Å². The molecule has 0 spiro atoms. The summed E-state index contributed by atoms with van der Waals surface area (Å²) in [4.78, 5) is 14.5. The molecule has 0 saturated carbocycles. The zero-order valence-electron chi connectivity index (χ0n) is 11.2. The van der Waals surface area contributed by atoms with Gasteiger partial charge in [0.2, 0.25) is 6.79 Å². The molecule has 2 aliphatic rings. The number of carbonyl (C=O) groups excluding carboxylic acids is 1. The molecule has 2 heterocycles. The van der Waals surface area contributed by atoms with Crippen LogP contribution in [0.3, 0.4) is 0 Å². The maximum atomic E-state index is 12.6. The monoisotopic (exact) mass is 262 g/mol. The third-order valence-corrected chi connectivity index (χ3v) is 3.47. The van der Waals surface area contributed by atoms with Gasteiger partial charge in [0.1, 0.15) is 0 Å². The van der Waals surface area contributed by atoms with Crippen LogP contribution in [0.5, 0.6) is 11.5 Å². The molecule has 19 heavy (non-hydrogen) atoms. The number of fused-ring (bicyclic) bond motifs is 1. The lowest BCUT2D eigenvalue weighted by Gasteiger charge is -2.36. The highest BCUT2D eigenvalue weighted by Crippen LogP contribution is 2.36. The quantitative estimate of drug-likeness (QED) is 0.827. The molecule has 102 valence electrons. The van der Waals surface area contributed by atoms with Crippen LogP contribution in [0.2, 0.25) is 0 Å². The minimum Gasteiger partial charge on any atom is -0.454 e. The Balaban J connectivity index is 1.86. The first-order valence-electron chi connectivity index (χ1n) is 6.59. The van der Waals surface area contributed by atoms with Gasteiger partial charge in [0.15, 0.2) is 11.5 Å². The number of rotatable bonds is 1. The Hall–Kier alpha value is -1.75. The summed E-state index contributed by atoms with van der Waals surface area (Å²) in [5.74, 6) is 1.25. The molecule has 1 saturated heterocycles. The molecule has 5 heteroatoms. The largest absolute Gasteiger partial charge is 0.454 e. The lowest BCUT2D eigenvalue weighted by molar-refractivity contribution is 0.0669. The molecule has 1 fully saturated rings. The first-order valence-corrected chi connectivity index (χ1v) is 6.59. The minimum absolute atomic E-state index is 0.0163. The third kappa shape index (κ3) is 2.26. The summed E-state index contributed by atoms with van der Waals surface area (Å²) in [6, 6.07) is 6.06. The van der Waals surface area contributed by atoms with E-state index in [9.17, 15) is 4.79 Å². The van der Waals surface area contributed by atoms with Crippen molar-refractivity contribution in [2.75, 3.05) is 19.9 Å². The summed E-state index contributed by atoms with van der Waals surface area (Å²) >= 11 is 0. The van der Waals surface area contributed by atoms with E-state index < -0.39 is 0 Å². The molecule has 0 bridgehead atoms. The second-order valence-electron chi connectivity index (χ2n) is 5.22. The summed E-state index contributed by atoms with van der Waals surface area (Å²) in [7, 11) is 0. The number of piperazine rings is 1. The summed E-state index contributed by atoms with van der Waals surface area (Å²) in [6.45, 7) is 5.80. The molecular weight excluding hydrogens is 244 g/mol. The number of amides is 1. The molecule has 0 radical (unpaired) electrons. The maximum Gasteiger partial charge on any atom is 0.257 e. The fourth-order valence-corrected chi connectivity index (χ4v) is 2.76. The van der Waals surface area contributed by atoms with Gasteiger partial charge in [-0.3, -0.25) is 4.79 Å². The van der Waals surface area contributed by atoms with Crippen LogP contribution in [0, 0.1) is 0 Å². The molecule has 2 unspecified atom stereocenters. The van der Waals surface area contributed by atoms with Crippen LogP contribution in [-0.4, -0.2) is 42.8 Å². The van der Waals surface area contributed by atoms with E-state index in [4.69, 9.17) is 9.47 Å². The van der Waals surface area contributed by atoms with Gasteiger partial charge in [-0.25, -0.2) is 0 Å². The summed E-state index contributed by atoms with van der Waals surface area (Å²) in [5, 5.41) is 3.42. The Morgan fingerprint density at radius 2 is 2.00 bits per heavy atom. The van der Waals surface area contributed by atoms with E-state index in [1.54, 1.807) is 6.07 Å². The number of hydrogen-bond donors (Lipinski definition) is 1. The van der Waals surface area contributed by atoms with Crippen LogP contribution in [0.4, 0.5) is 0 Å². The number of nitrogens with zero attached hydrogens (tertiary/aromatic N) is 1. The molecule has 2 aliphatic heterocycles. The molecule has 1 N–H and O–H groups in total. The van der Waals surface area contributed by atoms with E-state index in [1.165, 1.54) is 0 Å². The van der Waals surface area contributed by atoms with E-state index in [1.807, 2.05) is 17.0 Å². The van der Waals surface area contributed by atoms with Crippen molar-refractivity contribution in [3.05, 3.63) is 23.8 Å². The Labute approximate surface area is 112 Å². The number of hydrogen-bond acceptors (Lipinski definition) is 4. The molecule has 2 atom stereocenters. The zero-order chi connectivity index (χ0) is 13.4. The Morgan fingerprint density at radius 3 is 2.74 bits per heavy atom. The SMILES string of the molecule is CC1CN(C(=O)c2cccc3c2OCO3)CC(C)N1.